The van der Waals surface area contributed by atoms with Gasteiger partial charge in [0.05, 0.1) is 35.1 Å². The quantitative estimate of drug-likeness (QED) is 0.376. The average molecular weight is 558 g/mol. The molecule has 7 nitrogen and oxygen atoms in total. The minimum atomic E-state index is -4.69. The summed E-state index contributed by atoms with van der Waals surface area (Å²) in [6, 6.07) is 8.34. The molecule has 0 aromatic heterocycles. The number of hydrogen-bond acceptors (Lipinski definition) is 6. The number of benzene rings is 2. The van der Waals surface area contributed by atoms with Gasteiger partial charge < -0.3 is 24.6 Å². The minimum absolute atomic E-state index is 0.0151. The lowest BCUT2D eigenvalue weighted by Crippen LogP contribution is -2.34. The summed E-state index contributed by atoms with van der Waals surface area (Å²) in [5, 5.41) is 13.0. The number of nitrogens with one attached hydrogen (secondary N) is 1. The minimum Gasteiger partial charge on any atom is -0.460 e. The van der Waals surface area contributed by atoms with Gasteiger partial charge in [-0.2, -0.15) is 13.2 Å². The van der Waals surface area contributed by atoms with E-state index in [1.807, 2.05) is 0 Å². The molecule has 0 saturated carbocycles. The maximum atomic E-state index is 13.8. The van der Waals surface area contributed by atoms with Gasteiger partial charge in [-0.3, -0.25) is 9.59 Å². The van der Waals surface area contributed by atoms with Gasteiger partial charge in [0.2, 0.25) is 11.7 Å². The van der Waals surface area contributed by atoms with Crippen LogP contribution in [0.15, 0.2) is 36.4 Å². The van der Waals surface area contributed by atoms with Crippen LogP contribution in [0.25, 0.3) is 0 Å². The normalized spacial score (nSPS) is 16.9. The highest BCUT2D eigenvalue weighted by molar-refractivity contribution is 6.33. The number of aliphatic hydroxyl groups is 1. The van der Waals surface area contributed by atoms with Crippen molar-refractivity contribution in [2.24, 2.45) is 5.92 Å². The zero-order valence-electron chi connectivity index (χ0n) is 21.9. The van der Waals surface area contributed by atoms with Crippen molar-refractivity contribution >= 4 is 29.2 Å². The van der Waals surface area contributed by atoms with Crippen LogP contribution >= 0.6 is 11.6 Å². The molecule has 2 aromatic carbocycles. The molecule has 208 valence electrons. The first-order valence-electron chi connectivity index (χ1n) is 12.0. The maximum absolute atomic E-state index is 13.8. The second kappa shape index (κ2) is 10.6. The molecule has 2 N–H and O–H groups in total. The molecule has 0 saturated heterocycles. The predicted octanol–water partition coefficient (Wildman–Crippen LogP) is 6.53. The highest BCUT2D eigenvalue weighted by Gasteiger charge is 2.45. The van der Waals surface area contributed by atoms with Gasteiger partial charge in [0.15, 0.2) is 11.5 Å². The summed E-state index contributed by atoms with van der Waals surface area (Å²) in [5.74, 6) is -5.74. The third-order valence-corrected chi connectivity index (χ3v) is 6.08. The average Bonchev–Trinajstić information content (AvgIpc) is 3.06. The van der Waals surface area contributed by atoms with E-state index in [9.17, 15) is 27.9 Å². The molecule has 0 radical (unpaired) electrons. The van der Waals surface area contributed by atoms with E-state index in [4.69, 9.17) is 25.8 Å². The van der Waals surface area contributed by atoms with Crippen molar-refractivity contribution in [3.8, 4) is 11.5 Å². The Labute approximate surface area is 224 Å². The first kappa shape index (κ1) is 29.6. The second-order valence-corrected chi connectivity index (χ2v) is 11.1. The summed E-state index contributed by atoms with van der Waals surface area (Å²) in [7, 11) is 0. The van der Waals surface area contributed by atoms with Crippen LogP contribution in [0.1, 0.15) is 71.1 Å². The van der Waals surface area contributed by atoms with Gasteiger partial charge in [-0.1, -0.05) is 30.7 Å². The highest BCUT2D eigenvalue weighted by Crippen LogP contribution is 2.44. The van der Waals surface area contributed by atoms with Gasteiger partial charge >= 0.3 is 12.1 Å². The summed E-state index contributed by atoms with van der Waals surface area (Å²) >= 11 is 6.22. The molecule has 1 amide bonds. The molecule has 1 unspecified atom stereocenters. The van der Waals surface area contributed by atoms with Crippen LogP contribution in [0.4, 0.5) is 18.9 Å². The molecule has 1 aliphatic rings. The number of hydrogen-bond donors (Lipinski definition) is 2. The molecule has 0 aliphatic carbocycles. The predicted molar refractivity (Wildman–Crippen MR) is 135 cm³/mol. The third-order valence-electron chi connectivity index (χ3n) is 5.75. The molecule has 11 heteroatoms. The van der Waals surface area contributed by atoms with Gasteiger partial charge in [0.1, 0.15) is 5.60 Å². The molecule has 0 fully saturated rings. The summed E-state index contributed by atoms with van der Waals surface area (Å²) in [4.78, 5) is 25.4. The fraction of sp³-hybridized carbons (Fsp3) is 0.481. The molecule has 2 aromatic rings. The van der Waals surface area contributed by atoms with Gasteiger partial charge in [-0.05, 0) is 56.2 Å². The molecule has 0 bridgehead atoms. The van der Waals surface area contributed by atoms with E-state index in [0.717, 1.165) is 6.92 Å². The number of fused-ring (bicyclic) bond motifs is 1. The second-order valence-electron chi connectivity index (χ2n) is 10.7. The maximum Gasteiger partial charge on any atom is 0.392 e. The zero-order chi connectivity index (χ0) is 28.6. The Bertz CT molecular complexity index is 1210. The molecule has 1 heterocycles. The summed E-state index contributed by atoms with van der Waals surface area (Å²) < 4.78 is 58.0. The Balaban J connectivity index is 1.88. The number of alkyl halides is 3. The van der Waals surface area contributed by atoms with Crippen LogP contribution in [0, 0.1) is 5.92 Å². The lowest BCUT2D eigenvalue weighted by Gasteiger charge is -2.26. The number of anilines is 1. The number of esters is 1. The number of rotatable bonds is 7. The molecular formula is C27H31ClF3NO6. The summed E-state index contributed by atoms with van der Waals surface area (Å²) in [5.41, 5.74) is -0.463. The van der Waals surface area contributed by atoms with E-state index in [0.29, 0.717) is 5.75 Å². The largest absolute Gasteiger partial charge is 0.460 e. The number of carbonyl (C=O) groups excluding carboxylic acids is 2. The van der Waals surface area contributed by atoms with E-state index in [-0.39, 0.29) is 34.0 Å². The van der Waals surface area contributed by atoms with E-state index in [1.165, 1.54) is 36.4 Å². The third kappa shape index (κ3) is 7.32. The van der Waals surface area contributed by atoms with E-state index < -0.39 is 47.4 Å². The fourth-order valence-electron chi connectivity index (χ4n) is 4.00. The summed E-state index contributed by atoms with van der Waals surface area (Å²) in [6.45, 7) is 9.29. The Morgan fingerprint density at radius 3 is 2.26 bits per heavy atom. The van der Waals surface area contributed by atoms with Crippen molar-refractivity contribution in [2.75, 3.05) is 5.32 Å². The zero-order valence-corrected chi connectivity index (χ0v) is 22.7. The van der Waals surface area contributed by atoms with Crippen LogP contribution in [-0.2, 0) is 14.3 Å². The van der Waals surface area contributed by atoms with Crippen molar-refractivity contribution in [1.82, 2.24) is 0 Å². The number of amides is 1. The molecule has 38 heavy (non-hydrogen) atoms. The fourth-order valence-corrected chi connectivity index (χ4v) is 4.17. The Hall–Kier alpha value is -2.98. The van der Waals surface area contributed by atoms with Crippen molar-refractivity contribution < 1.29 is 42.1 Å². The van der Waals surface area contributed by atoms with Gasteiger partial charge in [0.25, 0.3) is 0 Å². The van der Waals surface area contributed by atoms with Gasteiger partial charge in [0, 0.05) is 13.8 Å². The van der Waals surface area contributed by atoms with Crippen LogP contribution in [0.3, 0.4) is 0 Å². The lowest BCUT2D eigenvalue weighted by atomic mass is 9.85. The Morgan fingerprint density at radius 1 is 1.05 bits per heavy atom. The Kier molecular flexibility index (Phi) is 8.29. The van der Waals surface area contributed by atoms with Crippen LogP contribution in [0.2, 0.25) is 5.02 Å². The van der Waals surface area contributed by atoms with Crippen molar-refractivity contribution in [1.29, 1.82) is 0 Å². The first-order valence-corrected chi connectivity index (χ1v) is 12.3. The smallest absolute Gasteiger partial charge is 0.392 e. The number of halogens is 4. The van der Waals surface area contributed by atoms with E-state index >= 15 is 0 Å². The molecule has 0 spiro atoms. The summed E-state index contributed by atoms with van der Waals surface area (Å²) in [6.07, 6.45) is -6.35. The van der Waals surface area contributed by atoms with Crippen LogP contribution in [-0.4, -0.2) is 34.5 Å². The van der Waals surface area contributed by atoms with Crippen molar-refractivity contribution in [2.45, 2.75) is 77.5 Å². The molecule has 1 aliphatic heterocycles. The molecule has 3 atom stereocenters. The molecule has 3 rings (SSSR count). The highest BCUT2D eigenvalue weighted by atomic mass is 35.5. The number of ether oxygens (including phenoxy) is 3. The Morgan fingerprint density at radius 2 is 1.66 bits per heavy atom. The number of carbonyl (C=O) groups is 2. The van der Waals surface area contributed by atoms with Crippen LogP contribution in [0.5, 0.6) is 11.5 Å². The monoisotopic (exact) mass is 557 g/mol. The van der Waals surface area contributed by atoms with Crippen molar-refractivity contribution in [3.05, 3.63) is 52.5 Å². The topological polar surface area (TPSA) is 94.1 Å². The van der Waals surface area contributed by atoms with Gasteiger partial charge in [-0.15, -0.1) is 0 Å². The van der Waals surface area contributed by atoms with Crippen LogP contribution < -0.4 is 14.8 Å². The van der Waals surface area contributed by atoms with Gasteiger partial charge in [-0.25, -0.2) is 0 Å². The standard InChI is InChI=1S/C27H31ClF3NO6/c1-14(27(29,30)31)23(16-8-10-20-21(12-16)37-26(5,6)36-20)24(35)32-18-11-15(7-9-17(18)28)19(33)13-22(34)38-25(2,3)4/h7-12,14,19,23,33H,13H2,1-6H3,(H,32,35)/t14-,19-,23?/m1/s1. The van der Waals surface area contributed by atoms with Crippen molar-refractivity contribution in [3.63, 3.8) is 0 Å². The van der Waals surface area contributed by atoms with E-state index in [1.54, 1.807) is 34.6 Å². The first-order chi connectivity index (χ1) is 17.4. The molecular weight excluding hydrogens is 527 g/mol. The lowest BCUT2D eigenvalue weighted by molar-refractivity contribution is -0.178. The number of aliphatic hydroxyl groups excluding tert-OH is 1. The SMILES string of the molecule is C[C@H](C(C(=O)Nc1cc([C@H](O)CC(=O)OC(C)(C)C)ccc1Cl)c1ccc2c(c1)OC(C)(C)O2)C(F)(F)F. The van der Waals surface area contributed by atoms with E-state index in [2.05, 4.69) is 5.32 Å².